The fourth-order valence-corrected chi connectivity index (χ4v) is 4.85. The van der Waals surface area contributed by atoms with Gasteiger partial charge in [0.25, 0.3) is 10.0 Å². The van der Waals surface area contributed by atoms with Gasteiger partial charge in [0.05, 0.1) is 0 Å². The Morgan fingerprint density at radius 1 is 1.56 bits per heavy atom. The van der Waals surface area contributed by atoms with Crippen LogP contribution in [0.1, 0.15) is 24.3 Å². The molecule has 0 unspecified atom stereocenters. The lowest BCUT2D eigenvalue weighted by molar-refractivity contribution is 0.384. The molecule has 0 saturated carbocycles. The smallest absolute Gasteiger partial charge is 0.253 e. The van der Waals surface area contributed by atoms with Crippen LogP contribution in [0.25, 0.3) is 0 Å². The molecule has 0 aliphatic rings. The fourth-order valence-electron chi connectivity index (χ4n) is 1.65. The molecule has 102 valence electrons. The minimum absolute atomic E-state index is 0.100. The maximum atomic E-state index is 12.5. The molecule has 1 aromatic heterocycles. The summed E-state index contributed by atoms with van der Waals surface area (Å²) in [7, 11) is -3.45. The zero-order chi connectivity index (χ0) is 13.9. The van der Waals surface area contributed by atoms with Gasteiger partial charge in [0, 0.05) is 24.0 Å². The number of hydrogen-bond acceptors (Lipinski definition) is 4. The van der Waals surface area contributed by atoms with Crippen LogP contribution in [0.15, 0.2) is 22.9 Å². The van der Waals surface area contributed by atoms with Gasteiger partial charge >= 0.3 is 0 Å². The van der Waals surface area contributed by atoms with Crippen molar-refractivity contribution in [3.63, 3.8) is 0 Å². The van der Waals surface area contributed by atoms with Crippen LogP contribution in [-0.4, -0.2) is 25.3 Å². The van der Waals surface area contributed by atoms with Gasteiger partial charge in [0.15, 0.2) is 0 Å². The van der Waals surface area contributed by atoms with Crippen molar-refractivity contribution in [3.8, 4) is 0 Å². The van der Waals surface area contributed by atoms with Crippen molar-refractivity contribution in [2.75, 3.05) is 6.54 Å². The van der Waals surface area contributed by atoms with E-state index in [1.54, 1.807) is 12.1 Å². The van der Waals surface area contributed by atoms with Crippen LogP contribution in [0, 0.1) is 6.92 Å². The standard InChI is InChI=1S/C12H20N2O2S2/c1-5-6-14(9(2)3)18(15,16)12-7-10(4)11(8-13)17-12/h5,7,9H,1,6,8,13H2,2-4H3. The van der Waals surface area contributed by atoms with Crippen LogP contribution in [-0.2, 0) is 16.6 Å². The molecule has 1 heterocycles. The van der Waals surface area contributed by atoms with Crippen molar-refractivity contribution in [2.24, 2.45) is 5.73 Å². The Morgan fingerprint density at radius 2 is 2.17 bits per heavy atom. The quantitative estimate of drug-likeness (QED) is 0.815. The lowest BCUT2D eigenvalue weighted by Gasteiger charge is -2.23. The van der Waals surface area contributed by atoms with E-state index in [0.717, 1.165) is 10.4 Å². The van der Waals surface area contributed by atoms with E-state index in [9.17, 15) is 8.42 Å². The Labute approximate surface area is 113 Å². The van der Waals surface area contributed by atoms with Crippen molar-refractivity contribution >= 4 is 21.4 Å². The van der Waals surface area contributed by atoms with Gasteiger partial charge in [-0.15, -0.1) is 17.9 Å². The molecule has 0 spiro atoms. The number of nitrogens with zero attached hydrogens (tertiary/aromatic N) is 1. The molecule has 18 heavy (non-hydrogen) atoms. The summed E-state index contributed by atoms with van der Waals surface area (Å²) in [4.78, 5) is 0.913. The lowest BCUT2D eigenvalue weighted by Crippen LogP contribution is -2.36. The van der Waals surface area contributed by atoms with Gasteiger partial charge in [-0.1, -0.05) is 6.08 Å². The third-order valence-corrected chi connectivity index (χ3v) is 6.38. The highest BCUT2D eigenvalue weighted by Gasteiger charge is 2.28. The molecule has 0 aromatic carbocycles. The van der Waals surface area contributed by atoms with Crippen molar-refractivity contribution < 1.29 is 8.42 Å². The van der Waals surface area contributed by atoms with E-state index in [-0.39, 0.29) is 6.04 Å². The molecule has 0 radical (unpaired) electrons. The second kappa shape index (κ2) is 5.97. The van der Waals surface area contributed by atoms with Crippen LogP contribution < -0.4 is 5.73 Å². The van der Waals surface area contributed by atoms with E-state index in [1.807, 2.05) is 20.8 Å². The minimum atomic E-state index is -3.45. The van der Waals surface area contributed by atoms with Gasteiger partial charge in [-0.3, -0.25) is 0 Å². The number of rotatable bonds is 6. The summed E-state index contributed by atoms with van der Waals surface area (Å²) in [6.07, 6.45) is 1.60. The third kappa shape index (κ3) is 3.00. The van der Waals surface area contributed by atoms with Crippen LogP contribution in [0.3, 0.4) is 0 Å². The highest BCUT2D eigenvalue weighted by molar-refractivity contribution is 7.91. The summed E-state index contributed by atoms with van der Waals surface area (Å²) in [5.74, 6) is 0. The summed E-state index contributed by atoms with van der Waals surface area (Å²) < 4.78 is 26.8. The van der Waals surface area contributed by atoms with Crippen LogP contribution >= 0.6 is 11.3 Å². The van der Waals surface area contributed by atoms with Crippen molar-refractivity contribution in [1.29, 1.82) is 0 Å². The number of nitrogens with two attached hydrogens (primary N) is 1. The molecule has 1 rings (SSSR count). The first-order chi connectivity index (χ1) is 8.34. The van der Waals surface area contributed by atoms with Crippen molar-refractivity contribution in [1.82, 2.24) is 4.31 Å². The largest absolute Gasteiger partial charge is 0.326 e. The van der Waals surface area contributed by atoms with Gasteiger partial charge in [0.1, 0.15) is 4.21 Å². The number of thiophene rings is 1. The highest BCUT2D eigenvalue weighted by atomic mass is 32.2. The van der Waals surface area contributed by atoms with E-state index >= 15 is 0 Å². The fraction of sp³-hybridized carbons (Fsp3) is 0.500. The normalized spacial score (nSPS) is 12.3. The van der Waals surface area contributed by atoms with E-state index in [2.05, 4.69) is 6.58 Å². The number of sulfonamides is 1. The van der Waals surface area contributed by atoms with Crippen molar-refractivity contribution in [2.45, 2.75) is 37.6 Å². The molecule has 6 heteroatoms. The lowest BCUT2D eigenvalue weighted by atomic mass is 10.3. The van der Waals surface area contributed by atoms with Crippen LogP contribution in [0.4, 0.5) is 0 Å². The first-order valence-electron chi connectivity index (χ1n) is 5.76. The summed E-state index contributed by atoms with van der Waals surface area (Å²) in [5.41, 5.74) is 6.52. The predicted octanol–water partition coefficient (Wildman–Crippen LogP) is 2.10. The summed E-state index contributed by atoms with van der Waals surface area (Å²) in [5, 5.41) is 0. The van der Waals surface area contributed by atoms with E-state index in [4.69, 9.17) is 5.73 Å². The second-order valence-electron chi connectivity index (χ2n) is 4.33. The molecule has 0 aliphatic carbocycles. The maximum absolute atomic E-state index is 12.5. The Morgan fingerprint density at radius 3 is 2.56 bits per heavy atom. The molecule has 2 N–H and O–H groups in total. The molecule has 0 bridgehead atoms. The number of aryl methyl sites for hydroxylation is 1. The Hall–Kier alpha value is -0.690. The Kier molecular flexibility index (Phi) is 5.10. The minimum Gasteiger partial charge on any atom is -0.326 e. The van der Waals surface area contributed by atoms with Gasteiger partial charge in [-0.2, -0.15) is 4.31 Å². The molecule has 1 aromatic rings. The first-order valence-corrected chi connectivity index (χ1v) is 8.02. The molecule has 0 amide bonds. The SMILES string of the molecule is C=CCN(C(C)C)S(=O)(=O)c1cc(C)c(CN)s1. The second-order valence-corrected chi connectivity index (χ2v) is 7.59. The molecule has 0 atom stereocenters. The van der Waals surface area contributed by atoms with Crippen molar-refractivity contribution in [3.05, 3.63) is 29.2 Å². The van der Waals surface area contributed by atoms with Gasteiger partial charge < -0.3 is 5.73 Å². The monoisotopic (exact) mass is 288 g/mol. The van der Waals surface area contributed by atoms with E-state index in [0.29, 0.717) is 17.3 Å². The highest BCUT2D eigenvalue weighted by Crippen LogP contribution is 2.29. The zero-order valence-electron chi connectivity index (χ0n) is 11.0. The molecular weight excluding hydrogens is 268 g/mol. The third-order valence-electron chi connectivity index (χ3n) is 2.63. The molecular formula is C12H20N2O2S2. The average molecular weight is 288 g/mol. The summed E-state index contributed by atoms with van der Waals surface area (Å²) in [6.45, 7) is 9.88. The Bertz CT molecular complexity index is 518. The maximum Gasteiger partial charge on any atom is 0.253 e. The van der Waals surface area contributed by atoms with Crippen LogP contribution in [0.2, 0.25) is 0 Å². The summed E-state index contributed by atoms with van der Waals surface area (Å²) >= 11 is 1.25. The molecule has 0 aliphatic heterocycles. The van der Waals surface area contributed by atoms with Gasteiger partial charge in [-0.25, -0.2) is 8.42 Å². The molecule has 0 saturated heterocycles. The van der Waals surface area contributed by atoms with E-state index in [1.165, 1.54) is 15.6 Å². The summed E-state index contributed by atoms with van der Waals surface area (Å²) in [6, 6.07) is 1.59. The average Bonchev–Trinajstić information content (AvgIpc) is 2.67. The van der Waals surface area contributed by atoms with Crippen LogP contribution in [0.5, 0.6) is 0 Å². The zero-order valence-corrected chi connectivity index (χ0v) is 12.6. The Balaban J connectivity index is 3.21. The van der Waals surface area contributed by atoms with E-state index < -0.39 is 10.0 Å². The van der Waals surface area contributed by atoms with Gasteiger partial charge in [0.2, 0.25) is 0 Å². The predicted molar refractivity (Wildman–Crippen MR) is 76.2 cm³/mol. The molecule has 0 fully saturated rings. The topological polar surface area (TPSA) is 63.4 Å². The van der Waals surface area contributed by atoms with Gasteiger partial charge in [-0.05, 0) is 32.4 Å². The first kappa shape index (κ1) is 15.4. The molecule has 4 nitrogen and oxygen atoms in total. The number of hydrogen-bond donors (Lipinski definition) is 1.